The summed E-state index contributed by atoms with van der Waals surface area (Å²) < 4.78 is 0.278. The van der Waals surface area contributed by atoms with Gasteiger partial charge in [0, 0.05) is 24.3 Å². The van der Waals surface area contributed by atoms with Crippen molar-refractivity contribution >= 4 is 57.3 Å². The van der Waals surface area contributed by atoms with Crippen molar-refractivity contribution in [3.8, 4) is 0 Å². The van der Waals surface area contributed by atoms with E-state index in [1.807, 2.05) is 0 Å². The van der Waals surface area contributed by atoms with Gasteiger partial charge in [0.15, 0.2) is 4.32 Å². The zero-order valence-electron chi connectivity index (χ0n) is 12.9. The van der Waals surface area contributed by atoms with E-state index < -0.39 is 9.85 Å². The van der Waals surface area contributed by atoms with E-state index >= 15 is 0 Å². The molecule has 0 aromatic heterocycles. The summed E-state index contributed by atoms with van der Waals surface area (Å²) in [5.74, 6) is -0.389. The number of carbonyl (C=O) groups excluding carboxylic acids is 1. The van der Waals surface area contributed by atoms with Crippen LogP contribution in [0, 0.1) is 20.2 Å². The number of carbonyl (C=O) groups is 1. The second-order valence-electron chi connectivity index (χ2n) is 5.14. The molecule has 1 amide bonds. The summed E-state index contributed by atoms with van der Waals surface area (Å²) >= 11 is 6.29. The zero-order chi connectivity index (χ0) is 18.8. The van der Waals surface area contributed by atoms with Gasteiger partial charge in [-0.2, -0.15) is 0 Å². The number of benzene rings is 2. The van der Waals surface area contributed by atoms with Crippen molar-refractivity contribution in [2.45, 2.75) is 0 Å². The van der Waals surface area contributed by atoms with E-state index in [1.54, 1.807) is 6.07 Å². The van der Waals surface area contributed by atoms with Crippen LogP contribution < -0.4 is 4.90 Å². The summed E-state index contributed by atoms with van der Waals surface area (Å²) in [5.41, 5.74) is 0.750. The molecule has 0 N–H and O–H groups in total. The highest BCUT2D eigenvalue weighted by atomic mass is 32.2. The molecular formula is C16H9N3O5S2. The number of hydrogen-bond acceptors (Lipinski definition) is 7. The van der Waals surface area contributed by atoms with Crippen molar-refractivity contribution in [1.82, 2.24) is 0 Å². The minimum Gasteiger partial charge on any atom is -0.268 e. The predicted octanol–water partition coefficient (Wildman–Crippen LogP) is 3.91. The van der Waals surface area contributed by atoms with Crippen LogP contribution in [-0.4, -0.2) is 20.1 Å². The van der Waals surface area contributed by atoms with E-state index in [9.17, 15) is 25.0 Å². The lowest BCUT2D eigenvalue weighted by Crippen LogP contribution is -2.27. The lowest BCUT2D eigenvalue weighted by atomic mass is 10.2. The molecule has 1 saturated heterocycles. The van der Waals surface area contributed by atoms with Crippen molar-refractivity contribution < 1.29 is 14.6 Å². The summed E-state index contributed by atoms with van der Waals surface area (Å²) in [6, 6.07) is 11.4. The first-order valence-electron chi connectivity index (χ1n) is 7.13. The predicted molar refractivity (Wildman–Crippen MR) is 102 cm³/mol. The minimum absolute atomic E-state index is 0.0791. The third kappa shape index (κ3) is 3.46. The number of thiocarbonyl (C=S) groups is 1. The molecule has 1 fully saturated rings. The van der Waals surface area contributed by atoms with Crippen molar-refractivity contribution in [2.24, 2.45) is 0 Å². The highest BCUT2D eigenvalue weighted by molar-refractivity contribution is 8.27. The summed E-state index contributed by atoms with van der Waals surface area (Å²) in [6.07, 6.45) is 1.53. The van der Waals surface area contributed by atoms with Gasteiger partial charge in [-0.3, -0.25) is 29.9 Å². The van der Waals surface area contributed by atoms with Gasteiger partial charge >= 0.3 is 0 Å². The van der Waals surface area contributed by atoms with Gasteiger partial charge in [0.1, 0.15) is 0 Å². The third-order valence-electron chi connectivity index (χ3n) is 3.49. The van der Waals surface area contributed by atoms with Crippen molar-refractivity contribution in [1.29, 1.82) is 0 Å². The fourth-order valence-electron chi connectivity index (χ4n) is 2.29. The molecule has 2 aromatic rings. The second kappa shape index (κ2) is 7.02. The van der Waals surface area contributed by atoms with Crippen LogP contribution >= 0.6 is 24.0 Å². The number of hydrogen-bond donors (Lipinski definition) is 0. The van der Waals surface area contributed by atoms with Crippen LogP contribution in [0.1, 0.15) is 5.56 Å². The Morgan fingerprint density at radius 3 is 2.27 bits per heavy atom. The lowest BCUT2D eigenvalue weighted by Gasteiger charge is -2.13. The number of amides is 1. The quantitative estimate of drug-likeness (QED) is 0.339. The standard InChI is InChI=1S/C16H9N3O5S2/c20-15-14(9-10-2-1-3-13(8-10)19(23)24)26-16(25)17(15)11-4-6-12(7-5-11)18(21)22/h1-9H. The van der Waals surface area contributed by atoms with E-state index in [4.69, 9.17) is 12.2 Å². The third-order valence-corrected chi connectivity index (χ3v) is 4.79. The van der Waals surface area contributed by atoms with Crippen LogP contribution in [0.4, 0.5) is 17.1 Å². The van der Waals surface area contributed by atoms with Gasteiger partial charge in [-0.1, -0.05) is 36.1 Å². The molecule has 2 aromatic carbocycles. The summed E-state index contributed by atoms with van der Waals surface area (Å²) in [5, 5.41) is 21.6. The number of non-ortho nitro benzene ring substituents is 2. The number of thioether (sulfide) groups is 1. The Bertz CT molecular complexity index is 972. The van der Waals surface area contributed by atoms with E-state index in [1.165, 1.54) is 53.4 Å². The van der Waals surface area contributed by atoms with Crippen LogP contribution in [0.25, 0.3) is 6.08 Å². The fraction of sp³-hybridized carbons (Fsp3) is 0. The maximum Gasteiger partial charge on any atom is 0.270 e. The van der Waals surface area contributed by atoms with Crippen molar-refractivity contribution in [2.75, 3.05) is 4.90 Å². The largest absolute Gasteiger partial charge is 0.270 e. The van der Waals surface area contributed by atoms with Crippen LogP contribution in [0.15, 0.2) is 53.4 Å². The maximum atomic E-state index is 12.6. The first-order valence-corrected chi connectivity index (χ1v) is 8.36. The molecule has 0 saturated carbocycles. The van der Waals surface area contributed by atoms with Gasteiger partial charge in [0.25, 0.3) is 17.3 Å². The average Bonchev–Trinajstić information content (AvgIpc) is 2.89. The molecule has 0 radical (unpaired) electrons. The zero-order valence-corrected chi connectivity index (χ0v) is 14.5. The molecule has 1 aliphatic heterocycles. The molecular weight excluding hydrogens is 378 g/mol. The SMILES string of the molecule is O=C1C(=Cc2cccc([N+](=O)[O-])c2)SC(=S)N1c1ccc([N+](=O)[O-])cc1. The van der Waals surface area contributed by atoms with E-state index in [-0.39, 0.29) is 21.6 Å². The lowest BCUT2D eigenvalue weighted by molar-refractivity contribution is -0.385. The van der Waals surface area contributed by atoms with E-state index in [0.29, 0.717) is 16.2 Å². The summed E-state index contributed by atoms with van der Waals surface area (Å²) in [4.78, 5) is 34.8. The van der Waals surface area contributed by atoms with Gasteiger partial charge < -0.3 is 0 Å². The van der Waals surface area contributed by atoms with Gasteiger partial charge in [-0.25, -0.2) is 0 Å². The topological polar surface area (TPSA) is 107 Å². The Labute approximate surface area is 156 Å². The monoisotopic (exact) mass is 387 g/mol. The first kappa shape index (κ1) is 17.7. The van der Waals surface area contributed by atoms with Crippen molar-refractivity contribution in [3.63, 3.8) is 0 Å². The normalized spacial score (nSPS) is 15.5. The molecule has 3 rings (SSSR count). The van der Waals surface area contributed by atoms with E-state index in [0.717, 1.165) is 11.8 Å². The number of nitro groups is 2. The molecule has 0 atom stereocenters. The molecule has 0 unspecified atom stereocenters. The smallest absolute Gasteiger partial charge is 0.268 e. The van der Waals surface area contributed by atoms with Gasteiger partial charge in [0.05, 0.1) is 20.4 Å². The molecule has 1 heterocycles. The van der Waals surface area contributed by atoms with Crippen LogP contribution in [0.3, 0.4) is 0 Å². The van der Waals surface area contributed by atoms with Gasteiger partial charge in [-0.05, 0) is 23.8 Å². The molecule has 8 nitrogen and oxygen atoms in total. The molecule has 0 bridgehead atoms. The Hall–Kier alpha value is -3.11. The number of nitro benzene ring substituents is 2. The number of rotatable bonds is 4. The Morgan fingerprint density at radius 1 is 1.00 bits per heavy atom. The maximum absolute atomic E-state index is 12.6. The molecule has 10 heteroatoms. The van der Waals surface area contributed by atoms with Gasteiger partial charge in [-0.15, -0.1) is 0 Å². The molecule has 26 heavy (non-hydrogen) atoms. The number of anilines is 1. The molecule has 0 aliphatic carbocycles. The van der Waals surface area contributed by atoms with E-state index in [2.05, 4.69) is 0 Å². The number of nitrogens with zero attached hydrogens (tertiary/aromatic N) is 3. The van der Waals surface area contributed by atoms with Crippen molar-refractivity contribution in [3.05, 3.63) is 79.2 Å². The first-order chi connectivity index (χ1) is 12.4. The summed E-state index contributed by atoms with van der Waals surface area (Å²) in [6.45, 7) is 0. The Morgan fingerprint density at radius 2 is 1.65 bits per heavy atom. The summed E-state index contributed by atoms with van der Waals surface area (Å²) in [7, 11) is 0. The highest BCUT2D eigenvalue weighted by Gasteiger charge is 2.33. The Balaban J connectivity index is 1.90. The molecule has 1 aliphatic rings. The van der Waals surface area contributed by atoms with Crippen LogP contribution in [0.5, 0.6) is 0 Å². The minimum atomic E-state index is -0.531. The average molecular weight is 387 g/mol. The highest BCUT2D eigenvalue weighted by Crippen LogP contribution is 2.36. The van der Waals surface area contributed by atoms with Crippen LogP contribution in [0.2, 0.25) is 0 Å². The molecule has 130 valence electrons. The van der Waals surface area contributed by atoms with Crippen LogP contribution in [-0.2, 0) is 4.79 Å². The molecule has 0 spiro atoms. The fourth-order valence-corrected chi connectivity index (χ4v) is 3.59. The second-order valence-corrected chi connectivity index (χ2v) is 6.82. The van der Waals surface area contributed by atoms with Gasteiger partial charge in [0.2, 0.25) is 0 Å². The Kier molecular flexibility index (Phi) is 4.78.